The molecule has 0 spiro atoms. The summed E-state index contributed by atoms with van der Waals surface area (Å²) in [5, 5.41) is 3.69. The van der Waals surface area contributed by atoms with Crippen LogP contribution in [-0.2, 0) is 4.74 Å². The summed E-state index contributed by atoms with van der Waals surface area (Å²) < 4.78 is 5.90. The predicted molar refractivity (Wildman–Crippen MR) is 88.5 cm³/mol. The highest BCUT2D eigenvalue weighted by Crippen LogP contribution is 2.21. The summed E-state index contributed by atoms with van der Waals surface area (Å²) in [6.45, 7) is 12.6. The Morgan fingerprint density at radius 1 is 1.24 bits per heavy atom. The van der Waals surface area contributed by atoms with Gasteiger partial charge in [-0.25, -0.2) is 0 Å². The first-order valence-electron chi connectivity index (χ1n) is 8.16. The SMILES string of the molecule is CCC1CNC(c2ccccc2)CN1CCOC(C)(C)C. The minimum Gasteiger partial charge on any atom is -0.375 e. The molecule has 0 bridgehead atoms. The molecule has 0 radical (unpaired) electrons. The van der Waals surface area contributed by atoms with Crippen LogP contribution in [-0.4, -0.2) is 42.8 Å². The van der Waals surface area contributed by atoms with Crippen molar-refractivity contribution in [2.45, 2.75) is 51.8 Å². The van der Waals surface area contributed by atoms with Gasteiger partial charge in [0.05, 0.1) is 12.2 Å². The highest BCUT2D eigenvalue weighted by molar-refractivity contribution is 5.20. The molecular weight excluding hydrogens is 260 g/mol. The second-order valence-corrected chi connectivity index (χ2v) is 6.89. The topological polar surface area (TPSA) is 24.5 Å². The van der Waals surface area contributed by atoms with Crippen LogP contribution >= 0.6 is 0 Å². The van der Waals surface area contributed by atoms with Crippen molar-refractivity contribution >= 4 is 0 Å². The van der Waals surface area contributed by atoms with Gasteiger partial charge in [-0.2, -0.15) is 0 Å². The minimum absolute atomic E-state index is 0.0470. The summed E-state index contributed by atoms with van der Waals surface area (Å²) >= 11 is 0. The predicted octanol–water partition coefficient (Wildman–Crippen LogP) is 3.23. The molecule has 0 saturated carbocycles. The monoisotopic (exact) mass is 290 g/mol. The molecule has 0 aromatic heterocycles. The summed E-state index contributed by atoms with van der Waals surface area (Å²) in [6.07, 6.45) is 1.18. The molecule has 1 heterocycles. The normalized spacial score (nSPS) is 24.2. The quantitative estimate of drug-likeness (QED) is 0.901. The highest BCUT2D eigenvalue weighted by Gasteiger charge is 2.27. The molecule has 2 atom stereocenters. The molecule has 1 N–H and O–H groups in total. The van der Waals surface area contributed by atoms with Crippen molar-refractivity contribution < 1.29 is 4.74 Å². The third kappa shape index (κ3) is 5.10. The van der Waals surface area contributed by atoms with Crippen LogP contribution in [0.5, 0.6) is 0 Å². The second kappa shape index (κ2) is 7.39. The van der Waals surface area contributed by atoms with Gasteiger partial charge in [-0.05, 0) is 32.8 Å². The van der Waals surface area contributed by atoms with E-state index in [0.717, 1.165) is 26.2 Å². The zero-order chi connectivity index (χ0) is 15.3. The molecule has 0 aliphatic carbocycles. The van der Waals surface area contributed by atoms with Crippen LogP contribution < -0.4 is 5.32 Å². The van der Waals surface area contributed by atoms with Gasteiger partial charge in [0.25, 0.3) is 0 Å². The zero-order valence-electron chi connectivity index (χ0n) is 13.9. The molecule has 2 unspecified atom stereocenters. The number of rotatable bonds is 5. The molecule has 2 rings (SSSR count). The van der Waals surface area contributed by atoms with Gasteiger partial charge in [0, 0.05) is 31.7 Å². The van der Waals surface area contributed by atoms with Gasteiger partial charge in [0.1, 0.15) is 0 Å². The van der Waals surface area contributed by atoms with Crippen molar-refractivity contribution in [3.63, 3.8) is 0 Å². The van der Waals surface area contributed by atoms with Gasteiger partial charge in [-0.1, -0.05) is 37.3 Å². The molecule has 3 nitrogen and oxygen atoms in total. The molecule has 21 heavy (non-hydrogen) atoms. The summed E-state index contributed by atoms with van der Waals surface area (Å²) in [7, 11) is 0. The first kappa shape index (κ1) is 16.5. The number of hydrogen-bond donors (Lipinski definition) is 1. The van der Waals surface area contributed by atoms with E-state index >= 15 is 0 Å². The van der Waals surface area contributed by atoms with Gasteiger partial charge in [-0.3, -0.25) is 4.90 Å². The first-order valence-corrected chi connectivity index (χ1v) is 8.16. The van der Waals surface area contributed by atoms with Crippen molar-refractivity contribution in [1.29, 1.82) is 0 Å². The number of hydrogen-bond acceptors (Lipinski definition) is 3. The van der Waals surface area contributed by atoms with Crippen molar-refractivity contribution in [3.05, 3.63) is 35.9 Å². The molecule has 1 aromatic rings. The Morgan fingerprint density at radius 3 is 2.57 bits per heavy atom. The van der Waals surface area contributed by atoms with E-state index in [1.54, 1.807) is 0 Å². The average molecular weight is 290 g/mol. The Kier molecular flexibility index (Phi) is 5.80. The van der Waals surface area contributed by atoms with Gasteiger partial charge in [0.2, 0.25) is 0 Å². The Balaban J connectivity index is 1.93. The van der Waals surface area contributed by atoms with E-state index in [0.29, 0.717) is 12.1 Å². The van der Waals surface area contributed by atoms with Crippen LogP contribution in [0.4, 0.5) is 0 Å². The maximum absolute atomic E-state index is 5.90. The highest BCUT2D eigenvalue weighted by atomic mass is 16.5. The van der Waals surface area contributed by atoms with E-state index in [9.17, 15) is 0 Å². The van der Waals surface area contributed by atoms with E-state index in [-0.39, 0.29) is 5.60 Å². The van der Waals surface area contributed by atoms with Crippen molar-refractivity contribution in [3.8, 4) is 0 Å². The maximum Gasteiger partial charge on any atom is 0.0600 e. The van der Waals surface area contributed by atoms with Crippen LogP contribution in [0.2, 0.25) is 0 Å². The number of piperazine rings is 1. The standard InChI is InChI=1S/C18H30N2O/c1-5-16-13-19-17(15-9-7-6-8-10-15)14-20(16)11-12-21-18(2,3)4/h6-10,16-17,19H,5,11-14H2,1-4H3. The molecule has 0 amide bonds. The summed E-state index contributed by atoms with van der Waals surface area (Å²) in [5.74, 6) is 0. The fraction of sp³-hybridized carbons (Fsp3) is 0.667. The van der Waals surface area contributed by atoms with E-state index in [2.05, 4.69) is 68.2 Å². The van der Waals surface area contributed by atoms with E-state index in [4.69, 9.17) is 4.74 Å². The summed E-state index contributed by atoms with van der Waals surface area (Å²) in [6, 6.07) is 11.8. The van der Waals surface area contributed by atoms with E-state index in [1.807, 2.05) is 0 Å². The largest absolute Gasteiger partial charge is 0.375 e. The average Bonchev–Trinajstić information content (AvgIpc) is 2.47. The molecule has 1 aliphatic rings. The van der Waals surface area contributed by atoms with Crippen molar-refractivity contribution in [2.24, 2.45) is 0 Å². The second-order valence-electron chi connectivity index (χ2n) is 6.89. The van der Waals surface area contributed by atoms with Crippen LogP contribution in [0.3, 0.4) is 0 Å². The van der Waals surface area contributed by atoms with Gasteiger partial charge in [-0.15, -0.1) is 0 Å². The summed E-state index contributed by atoms with van der Waals surface area (Å²) in [5.41, 5.74) is 1.34. The van der Waals surface area contributed by atoms with Crippen LogP contribution in [0.25, 0.3) is 0 Å². The van der Waals surface area contributed by atoms with Gasteiger partial charge in [0.15, 0.2) is 0 Å². The first-order chi connectivity index (χ1) is 9.99. The molecule has 1 saturated heterocycles. The minimum atomic E-state index is -0.0470. The number of nitrogens with zero attached hydrogens (tertiary/aromatic N) is 1. The van der Waals surface area contributed by atoms with Gasteiger partial charge < -0.3 is 10.1 Å². The smallest absolute Gasteiger partial charge is 0.0600 e. The van der Waals surface area contributed by atoms with Crippen LogP contribution in [0, 0.1) is 0 Å². The zero-order valence-corrected chi connectivity index (χ0v) is 13.9. The van der Waals surface area contributed by atoms with Gasteiger partial charge >= 0.3 is 0 Å². The molecule has 3 heteroatoms. The number of benzene rings is 1. The molecule has 1 aliphatic heterocycles. The molecule has 118 valence electrons. The summed E-state index contributed by atoms with van der Waals surface area (Å²) in [4.78, 5) is 2.58. The van der Waals surface area contributed by atoms with Crippen molar-refractivity contribution in [2.75, 3.05) is 26.2 Å². The number of nitrogens with one attached hydrogen (secondary N) is 1. The number of ether oxygens (including phenoxy) is 1. The van der Waals surface area contributed by atoms with E-state index in [1.165, 1.54) is 12.0 Å². The third-order valence-electron chi connectivity index (χ3n) is 4.12. The van der Waals surface area contributed by atoms with Crippen LogP contribution in [0.15, 0.2) is 30.3 Å². The molecular formula is C18H30N2O. The lowest BCUT2D eigenvalue weighted by atomic mass is 10.0. The fourth-order valence-corrected chi connectivity index (χ4v) is 2.91. The Hall–Kier alpha value is -0.900. The van der Waals surface area contributed by atoms with E-state index < -0.39 is 0 Å². The maximum atomic E-state index is 5.90. The van der Waals surface area contributed by atoms with Crippen LogP contribution in [0.1, 0.15) is 45.7 Å². The lowest BCUT2D eigenvalue weighted by Gasteiger charge is -2.40. The Morgan fingerprint density at radius 2 is 1.95 bits per heavy atom. The molecule has 1 aromatic carbocycles. The Bertz CT molecular complexity index is 413. The molecule has 1 fully saturated rings. The van der Waals surface area contributed by atoms with Crippen molar-refractivity contribution in [1.82, 2.24) is 10.2 Å². The lowest BCUT2D eigenvalue weighted by Crippen LogP contribution is -2.53. The lowest BCUT2D eigenvalue weighted by molar-refractivity contribution is -0.0225. The third-order valence-corrected chi connectivity index (χ3v) is 4.12. The Labute approximate surface area is 129 Å². The fourth-order valence-electron chi connectivity index (χ4n) is 2.91.